The van der Waals surface area contributed by atoms with Gasteiger partial charge in [-0.15, -0.1) is 0 Å². The number of likely N-dealkylation sites (tertiary alicyclic amines) is 1. The molecule has 1 aromatic heterocycles. The summed E-state index contributed by atoms with van der Waals surface area (Å²) in [5, 5.41) is 0. The Balaban J connectivity index is 2.68. The van der Waals surface area contributed by atoms with E-state index in [-0.39, 0.29) is 11.0 Å². The summed E-state index contributed by atoms with van der Waals surface area (Å²) in [5.41, 5.74) is 3.26. The molecule has 0 spiro atoms. The summed E-state index contributed by atoms with van der Waals surface area (Å²) in [6.45, 7) is 18.8. The van der Waals surface area contributed by atoms with Crippen LogP contribution in [-0.2, 0) is 14.1 Å². The van der Waals surface area contributed by atoms with Crippen LogP contribution < -0.4 is 4.57 Å². The van der Waals surface area contributed by atoms with Crippen LogP contribution >= 0.6 is 0 Å². The molecule has 2 rings (SSSR count). The third-order valence-corrected chi connectivity index (χ3v) is 5.62. The lowest BCUT2D eigenvalue weighted by molar-refractivity contribution is -0.688. The lowest BCUT2D eigenvalue weighted by Gasteiger charge is -2.38. The highest BCUT2D eigenvalue weighted by molar-refractivity contribution is 5.16. The monoisotopic (exact) mass is 292 g/mol. The molecule has 1 aliphatic rings. The lowest BCUT2D eigenvalue weighted by Crippen LogP contribution is -2.49. The van der Waals surface area contributed by atoms with E-state index in [9.17, 15) is 0 Å². The first-order chi connectivity index (χ1) is 9.42. The average Bonchev–Trinajstić information content (AvgIpc) is 2.61. The molecule has 0 bridgehead atoms. The number of aromatic nitrogens is 2. The third kappa shape index (κ3) is 2.34. The molecule has 1 aliphatic heterocycles. The van der Waals surface area contributed by atoms with E-state index < -0.39 is 0 Å². The topological polar surface area (TPSA) is 12.1 Å². The summed E-state index contributed by atoms with van der Waals surface area (Å²) in [4.78, 5) is 2.72. The maximum atomic E-state index is 2.72. The van der Waals surface area contributed by atoms with E-state index in [0.29, 0.717) is 12.1 Å². The van der Waals surface area contributed by atoms with E-state index in [4.69, 9.17) is 0 Å². The molecule has 0 radical (unpaired) electrons. The first kappa shape index (κ1) is 16.5. The van der Waals surface area contributed by atoms with Gasteiger partial charge in [0.05, 0.1) is 14.1 Å². The van der Waals surface area contributed by atoms with Gasteiger partial charge in [0.2, 0.25) is 0 Å². The molecule has 3 nitrogen and oxygen atoms in total. The Morgan fingerprint density at radius 3 is 2.05 bits per heavy atom. The molecule has 0 unspecified atom stereocenters. The molecule has 1 fully saturated rings. The van der Waals surface area contributed by atoms with Gasteiger partial charge in [0.25, 0.3) is 5.82 Å². The molecule has 0 saturated carbocycles. The average molecular weight is 292 g/mol. The van der Waals surface area contributed by atoms with Crippen molar-refractivity contribution >= 4 is 0 Å². The summed E-state index contributed by atoms with van der Waals surface area (Å²) in [5.74, 6) is 1.44. The van der Waals surface area contributed by atoms with Crippen molar-refractivity contribution < 1.29 is 4.57 Å². The predicted octanol–water partition coefficient (Wildman–Crippen LogP) is 3.43. The van der Waals surface area contributed by atoms with Gasteiger partial charge < -0.3 is 0 Å². The Labute approximate surface area is 131 Å². The molecule has 3 heteroatoms. The molecular weight excluding hydrogens is 258 g/mol. The van der Waals surface area contributed by atoms with Crippen LogP contribution in [0, 0.1) is 19.3 Å². The Kier molecular flexibility index (Phi) is 3.81. The first-order valence-corrected chi connectivity index (χ1v) is 8.22. The fourth-order valence-corrected chi connectivity index (χ4v) is 4.92. The smallest absolute Gasteiger partial charge is 0.274 e. The highest BCUT2D eigenvalue weighted by Gasteiger charge is 2.56. The number of imidazole rings is 1. The first-order valence-electron chi connectivity index (χ1n) is 8.22. The highest BCUT2D eigenvalue weighted by Crippen LogP contribution is 2.54. The Bertz CT molecular complexity index is 524. The van der Waals surface area contributed by atoms with Gasteiger partial charge in [-0.05, 0) is 39.5 Å². The van der Waals surface area contributed by atoms with Gasteiger partial charge in [-0.3, -0.25) is 4.90 Å². The molecule has 0 aliphatic carbocycles. The second kappa shape index (κ2) is 4.84. The maximum absolute atomic E-state index is 2.72. The second-order valence-electron chi connectivity index (χ2n) is 8.53. The van der Waals surface area contributed by atoms with Crippen molar-refractivity contribution in [3.8, 4) is 0 Å². The van der Waals surface area contributed by atoms with Crippen LogP contribution in [0.15, 0.2) is 0 Å². The van der Waals surface area contributed by atoms with Gasteiger partial charge in [0.1, 0.15) is 17.4 Å². The summed E-state index contributed by atoms with van der Waals surface area (Å²) in [6.07, 6.45) is 1.23. The molecule has 21 heavy (non-hydrogen) atoms. The van der Waals surface area contributed by atoms with Crippen molar-refractivity contribution in [2.24, 2.45) is 19.5 Å². The second-order valence-corrected chi connectivity index (χ2v) is 8.53. The van der Waals surface area contributed by atoms with Gasteiger partial charge >= 0.3 is 0 Å². The summed E-state index contributed by atoms with van der Waals surface area (Å²) >= 11 is 0. The quantitative estimate of drug-likeness (QED) is 0.761. The van der Waals surface area contributed by atoms with E-state index >= 15 is 0 Å². The lowest BCUT2D eigenvalue weighted by atomic mass is 9.81. The molecule has 1 atom stereocenters. The molecule has 120 valence electrons. The SMILES string of the molecule is Cc1c(C)[n+](C)c([C@@H]2N(C(C)C)C(C)(C)CC2(C)C)n1C. The molecule has 1 aromatic rings. The summed E-state index contributed by atoms with van der Waals surface area (Å²) in [7, 11) is 4.44. The van der Waals surface area contributed by atoms with Crippen molar-refractivity contribution in [1.82, 2.24) is 9.47 Å². The van der Waals surface area contributed by atoms with Crippen LogP contribution in [0.4, 0.5) is 0 Å². The minimum absolute atomic E-state index is 0.238. The predicted molar refractivity (Wildman–Crippen MR) is 88.3 cm³/mol. The molecule has 0 aromatic carbocycles. The van der Waals surface area contributed by atoms with Crippen molar-refractivity contribution in [1.29, 1.82) is 0 Å². The van der Waals surface area contributed by atoms with Crippen molar-refractivity contribution in [3.63, 3.8) is 0 Å². The minimum Gasteiger partial charge on any atom is -0.282 e. The van der Waals surface area contributed by atoms with E-state index in [0.717, 1.165) is 0 Å². The molecular formula is C18H34N3+. The van der Waals surface area contributed by atoms with E-state index in [1.54, 1.807) is 0 Å². The standard InChI is InChI=1S/C18H34N3/c1-12(2)21-15(17(5,6)11-18(21,7)8)16-19(9)13(3)14(4)20(16)10/h12,15H,11H2,1-10H3/q+1/t15-/m0/s1. The van der Waals surface area contributed by atoms with Crippen LogP contribution in [0.5, 0.6) is 0 Å². The Morgan fingerprint density at radius 1 is 1.14 bits per heavy atom. The molecule has 2 heterocycles. The van der Waals surface area contributed by atoms with E-state index in [1.807, 2.05) is 0 Å². The summed E-state index contributed by atoms with van der Waals surface area (Å²) in [6, 6.07) is 0.997. The van der Waals surface area contributed by atoms with Crippen LogP contribution in [0.2, 0.25) is 0 Å². The van der Waals surface area contributed by atoms with Gasteiger partial charge in [-0.2, -0.15) is 0 Å². The van der Waals surface area contributed by atoms with Gasteiger partial charge in [-0.25, -0.2) is 9.13 Å². The van der Waals surface area contributed by atoms with Crippen molar-refractivity contribution in [2.75, 3.05) is 0 Å². The van der Waals surface area contributed by atoms with Crippen LogP contribution in [0.1, 0.15) is 71.2 Å². The highest BCUT2D eigenvalue weighted by atomic mass is 15.3. The molecule has 0 amide bonds. The van der Waals surface area contributed by atoms with Crippen LogP contribution in [-0.4, -0.2) is 21.0 Å². The van der Waals surface area contributed by atoms with Crippen molar-refractivity contribution in [2.45, 2.75) is 79.4 Å². The van der Waals surface area contributed by atoms with Crippen LogP contribution in [0.3, 0.4) is 0 Å². The van der Waals surface area contributed by atoms with E-state index in [1.165, 1.54) is 23.6 Å². The zero-order valence-corrected chi connectivity index (χ0v) is 15.7. The zero-order chi connectivity index (χ0) is 16.3. The normalized spacial score (nSPS) is 25.0. The fraction of sp³-hybridized carbons (Fsp3) is 0.833. The van der Waals surface area contributed by atoms with Gasteiger partial charge in [-0.1, -0.05) is 13.8 Å². The maximum Gasteiger partial charge on any atom is 0.274 e. The zero-order valence-electron chi connectivity index (χ0n) is 15.7. The van der Waals surface area contributed by atoms with E-state index in [2.05, 4.69) is 83.5 Å². The number of hydrogen-bond donors (Lipinski definition) is 0. The number of rotatable bonds is 2. The van der Waals surface area contributed by atoms with Gasteiger partial charge in [0.15, 0.2) is 0 Å². The number of nitrogens with zero attached hydrogens (tertiary/aromatic N) is 3. The van der Waals surface area contributed by atoms with Crippen molar-refractivity contribution in [3.05, 3.63) is 17.2 Å². The molecule has 0 N–H and O–H groups in total. The summed E-state index contributed by atoms with van der Waals surface area (Å²) < 4.78 is 4.80. The fourth-order valence-electron chi connectivity index (χ4n) is 4.92. The Hall–Kier alpha value is -0.830. The Morgan fingerprint density at radius 2 is 1.67 bits per heavy atom. The van der Waals surface area contributed by atoms with Crippen LogP contribution in [0.25, 0.3) is 0 Å². The largest absolute Gasteiger partial charge is 0.282 e. The van der Waals surface area contributed by atoms with Gasteiger partial charge in [0, 0.05) is 25.4 Å². The minimum atomic E-state index is 0.238. The number of hydrogen-bond acceptors (Lipinski definition) is 1. The third-order valence-electron chi connectivity index (χ3n) is 5.62. The molecule has 1 saturated heterocycles.